The number of rotatable bonds is 7. The van der Waals surface area contributed by atoms with E-state index in [0.29, 0.717) is 17.4 Å². The molecule has 0 N–H and O–H groups in total. The van der Waals surface area contributed by atoms with Gasteiger partial charge in [-0.15, -0.1) is 0 Å². The lowest BCUT2D eigenvalue weighted by atomic mass is 10.0. The Bertz CT molecular complexity index is 820. The van der Waals surface area contributed by atoms with E-state index in [1.54, 1.807) is 24.3 Å². The van der Waals surface area contributed by atoms with Crippen LogP contribution in [0.5, 0.6) is 0 Å². The van der Waals surface area contributed by atoms with Crippen LogP contribution in [-0.4, -0.2) is 22.8 Å². The molecule has 2 aromatic rings. The summed E-state index contributed by atoms with van der Waals surface area (Å²) < 4.78 is 0. The third kappa shape index (κ3) is 4.42. The van der Waals surface area contributed by atoms with E-state index in [-0.39, 0.29) is 17.5 Å². The summed E-state index contributed by atoms with van der Waals surface area (Å²) in [6.07, 6.45) is 2.51. The van der Waals surface area contributed by atoms with E-state index in [0.717, 1.165) is 18.4 Å². The van der Waals surface area contributed by atoms with E-state index < -0.39 is 17.8 Å². The van der Waals surface area contributed by atoms with Gasteiger partial charge in [-0.25, -0.2) is 4.79 Å². The van der Waals surface area contributed by atoms with Crippen LogP contribution < -0.4 is 0 Å². The normalized spacial score (nSPS) is 13.2. The van der Waals surface area contributed by atoms with Crippen molar-refractivity contribution in [3.63, 3.8) is 0 Å². The first kappa shape index (κ1) is 18.8. The van der Waals surface area contributed by atoms with Crippen molar-refractivity contribution in [2.24, 2.45) is 5.92 Å². The topological polar surface area (TPSA) is 63.7 Å². The fourth-order valence-corrected chi connectivity index (χ4v) is 3.15. The van der Waals surface area contributed by atoms with E-state index in [2.05, 4.69) is 38.1 Å². The monoisotopic (exact) mass is 365 g/mol. The summed E-state index contributed by atoms with van der Waals surface area (Å²) in [6, 6.07) is 14.8. The molecule has 140 valence electrons. The van der Waals surface area contributed by atoms with Crippen LogP contribution in [0.2, 0.25) is 0 Å². The summed E-state index contributed by atoms with van der Waals surface area (Å²) in [5.74, 6) is -1.15. The summed E-state index contributed by atoms with van der Waals surface area (Å²) in [5, 5.41) is 0.563. The fraction of sp³-hybridized carbons (Fsp3) is 0.318. The van der Waals surface area contributed by atoms with Gasteiger partial charge in [0.15, 0.2) is 0 Å². The Morgan fingerprint density at radius 3 is 2.04 bits per heavy atom. The molecule has 0 atom stereocenters. The zero-order chi connectivity index (χ0) is 19.4. The summed E-state index contributed by atoms with van der Waals surface area (Å²) in [6.45, 7) is 4.38. The van der Waals surface area contributed by atoms with Crippen LogP contribution in [-0.2, 0) is 22.5 Å². The molecule has 27 heavy (non-hydrogen) atoms. The van der Waals surface area contributed by atoms with E-state index in [4.69, 9.17) is 4.84 Å². The highest BCUT2D eigenvalue weighted by Gasteiger charge is 2.38. The van der Waals surface area contributed by atoms with Gasteiger partial charge in [0.25, 0.3) is 11.8 Å². The molecule has 0 unspecified atom stereocenters. The number of hydrogen-bond acceptors (Lipinski definition) is 4. The lowest BCUT2D eigenvalue weighted by molar-refractivity contribution is -0.168. The summed E-state index contributed by atoms with van der Waals surface area (Å²) in [7, 11) is 0. The first-order chi connectivity index (χ1) is 13.0. The molecule has 5 heteroatoms. The van der Waals surface area contributed by atoms with Gasteiger partial charge in [0.05, 0.1) is 11.1 Å². The predicted octanol–water partition coefficient (Wildman–Crippen LogP) is 3.96. The van der Waals surface area contributed by atoms with E-state index >= 15 is 0 Å². The molecule has 2 amide bonds. The number of benzene rings is 2. The number of fused-ring (bicyclic) bond motifs is 1. The Hall–Kier alpha value is -2.95. The van der Waals surface area contributed by atoms with Crippen molar-refractivity contribution in [1.29, 1.82) is 0 Å². The van der Waals surface area contributed by atoms with Crippen LogP contribution in [0.15, 0.2) is 48.5 Å². The van der Waals surface area contributed by atoms with Crippen molar-refractivity contribution >= 4 is 17.8 Å². The zero-order valence-corrected chi connectivity index (χ0v) is 15.6. The fourth-order valence-electron chi connectivity index (χ4n) is 3.15. The third-order valence-corrected chi connectivity index (χ3v) is 4.46. The Labute approximate surface area is 158 Å². The number of nitrogens with zero attached hydrogens (tertiary/aromatic N) is 1. The Balaban J connectivity index is 1.48. The second-order valence-corrected chi connectivity index (χ2v) is 7.18. The maximum atomic E-state index is 12.2. The SMILES string of the molecule is CC(C)Cc1ccc(CCCC(=O)ON2C(=O)c3ccccc3C2=O)cc1. The van der Waals surface area contributed by atoms with Gasteiger partial charge in [-0.2, -0.15) is 0 Å². The van der Waals surface area contributed by atoms with E-state index in [9.17, 15) is 14.4 Å². The minimum absolute atomic E-state index is 0.140. The molecular formula is C22H23NO4. The van der Waals surface area contributed by atoms with Crippen molar-refractivity contribution in [3.8, 4) is 0 Å². The van der Waals surface area contributed by atoms with Gasteiger partial charge in [0.2, 0.25) is 0 Å². The van der Waals surface area contributed by atoms with Gasteiger partial charge < -0.3 is 4.84 Å². The molecule has 0 aliphatic carbocycles. The molecule has 1 heterocycles. The van der Waals surface area contributed by atoms with Crippen LogP contribution >= 0.6 is 0 Å². The summed E-state index contributed by atoms with van der Waals surface area (Å²) >= 11 is 0. The average Bonchev–Trinajstić information content (AvgIpc) is 2.88. The van der Waals surface area contributed by atoms with Gasteiger partial charge in [-0.05, 0) is 48.4 Å². The molecule has 0 saturated heterocycles. The molecule has 5 nitrogen and oxygen atoms in total. The number of carbonyl (C=O) groups is 3. The molecule has 1 aliphatic heterocycles. The van der Waals surface area contributed by atoms with Gasteiger partial charge in [-0.1, -0.05) is 55.3 Å². The van der Waals surface area contributed by atoms with Gasteiger partial charge in [-0.3, -0.25) is 9.59 Å². The number of imide groups is 1. The van der Waals surface area contributed by atoms with Crippen LogP contribution in [0, 0.1) is 5.92 Å². The third-order valence-electron chi connectivity index (χ3n) is 4.46. The molecule has 1 aliphatic rings. The molecule has 0 radical (unpaired) electrons. The maximum Gasteiger partial charge on any atom is 0.333 e. The second-order valence-electron chi connectivity index (χ2n) is 7.18. The van der Waals surface area contributed by atoms with Crippen LogP contribution in [0.1, 0.15) is 58.5 Å². The molecule has 0 spiro atoms. The lowest BCUT2D eigenvalue weighted by Crippen LogP contribution is -2.32. The largest absolute Gasteiger partial charge is 0.333 e. The van der Waals surface area contributed by atoms with E-state index in [1.165, 1.54) is 5.56 Å². The summed E-state index contributed by atoms with van der Waals surface area (Å²) in [5.41, 5.74) is 2.98. The number of carbonyl (C=O) groups excluding carboxylic acids is 3. The highest BCUT2D eigenvalue weighted by Crippen LogP contribution is 2.23. The zero-order valence-electron chi connectivity index (χ0n) is 15.6. The van der Waals surface area contributed by atoms with E-state index in [1.807, 2.05) is 0 Å². The van der Waals surface area contributed by atoms with Crippen molar-refractivity contribution in [2.75, 3.05) is 0 Å². The molecule has 0 saturated carbocycles. The smallest absolute Gasteiger partial charge is 0.330 e. The molecular weight excluding hydrogens is 342 g/mol. The molecule has 0 bridgehead atoms. The Kier molecular flexibility index (Phi) is 5.69. The summed E-state index contributed by atoms with van der Waals surface area (Å²) in [4.78, 5) is 41.4. The first-order valence-electron chi connectivity index (χ1n) is 9.22. The maximum absolute atomic E-state index is 12.2. The average molecular weight is 365 g/mol. The van der Waals surface area contributed by atoms with Gasteiger partial charge >= 0.3 is 5.97 Å². The van der Waals surface area contributed by atoms with Crippen molar-refractivity contribution < 1.29 is 19.2 Å². The second kappa shape index (κ2) is 8.16. The Morgan fingerprint density at radius 2 is 1.48 bits per heavy atom. The van der Waals surface area contributed by atoms with Crippen molar-refractivity contribution in [1.82, 2.24) is 5.06 Å². The highest BCUT2D eigenvalue weighted by atomic mass is 16.7. The minimum Gasteiger partial charge on any atom is -0.330 e. The number of hydrogen-bond donors (Lipinski definition) is 0. The number of aryl methyl sites for hydroxylation is 1. The van der Waals surface area contributed by atoms with Crippen molar-refractivity contribution in [3.05, 3.63) is 70.8 Å². The molecule has 3 rings (SSSR count). The first-order valence-corrected chi connectivity index (χ1v) is 9.22. The van der Waals surface area contributed by atoms with Gasteiger partial charge in [0.1, 0.15) is 0 Å². The number of amides is 2. The minimum atomic E-state index is -0.593. The molecule has 2 aromatic carbocycles. The Morgan fingerprint density at radius 1 is 0.926 bits per heavy atom. The van der Waals surface area contributed by atoms with Crippen LogP contribution in [0.4, 0.5) is 0 Å². The molecule has 0 fully saturated rings. The van der Waals surface area contributed by atoms with Crippen LogP contribution in [0.25, 0.3) is 0 Å². The lowest BCUT2D eigenvalue weighted by Gasteiger charge is -2.12. The number of hydroxylamine groups is 2. The van der Waals surface area contributed by atoms with Crippen molar-refractivity contribution in [2.45, 2.75) is 39.5 Å². The van der Waals surface area contributed by atoms with Crippen LogP contribution in [0.3, 0.4) is 0 Å². The van der Waals surface area contributed by atoms with Gasteiger partial charge in [0, 0.05) is 6.42 Å². The quantitative estimate of drug-likeness (QED) is 0.697. The standard InChI is InChI=1S/C22H23NO4/c1-15(2)14-17-12-10-16(11-13-17)6-5-9-20(24)27-23-21(25)18-7-3-4-8-19(18)22(23)26/h3-4,7-8,10-13,15H,5-6,9,14H2,1-2H3. The highest BCUT2D eigenvalue weighted by molar-refractivity contribution is 6.20. The molecule has 0 aromatic heterocycles. The predicted molar refractivity (Wildman–Crippen MR) is 101 cm³/mol.